The number of amides is 1. The van der Waals surface area contributed by atoms with Gasteiger partial charge in [-0.1, -0.05) is 12.1 Å². The molecule has 1 aliphatic heterocycles. The van der Waals surface area contributed by atoms with E-state index in [4.69, 9.17) is 4.74 Å². The second-order valence-corrected chi connectivity index (χ2v) is 6.88. The number of nitrogens with zero attached hydrogens (tertiary/aromatic N) is 2. The van der Waals surface area contributed by atoms with E-state index in [-0.39, 0.29) is 17.7 Å². The molecule has 1 aromatic carbocycles. The Morgan fingerprint density at radius 3 is 2.80 bits per heavy atom. The van der Waals surface area contributed by atoms with Crippen molar-refractivity contribution < 1.29 is 13.9 Å². The fourth-order valence-electron chi connectivity index (χ4n) is 3.15. The molecule has 6 heteroatoms. The minimum Gasteiger partial charge on any atom is -0.369 e. The third kappa shape index (κ3) is 3.96. The third-order valence-corrected chi connectivity index (χ3v) is 4.02. The third-order valence-electron chi connectivity index (χ3n) is 4.02. The van der Waals surface area contributed by atoms with Crippen LogP contribution in [0.1, 0.15) is 31.1 Å². The Balaban J connectivity index is 1.88. The molecule has 5 nitrogen and oxygen atoms in total. The van der Waals surface area contributed by atoms with Crippen LogP contribution in [0.15, 0.2) is 42.6 Å². The van der Waals surface area contributed by atoms with E-state index in [1.54, 1.807) is 41.4 Å². The number of halogens is 1. The van der Waals surface area contributed by atoms with Crippen molar-refractivity contribution >= 4 is 17.4 Å². The number of carbonyl (C=O) groups is 1. The minimum absolute atomic E-state index is 0.0488. The lowest BCUT2D eigenvalue weighted by Crippen LogP contribution is -2.53. The van der Waals surface area contributed by atoms with Gasteiger partial charge in [-0.05, 0) is 45.0 Å². The average molecular weight is 343 g/mol. The highest BCUT2D eigenvalue weighted by molar-refractivity contribution is 5.99. The molecule has 1 fully saturated rings. The number of nitrogens with one attached hydrogen (secondary N) is 1. The Hall–Kier alpha value is -2.47. The van der Waals surface area contributed by atoms with Crippen LogP contribution in [-0.4, -0.2) is 40.6 Å². The van der Waals surface area contributed by atoms with Crippen LogP contribution in [0.3, 0.4) is 0 Å². The van der Waals surface area contributed by atoms with Crippen molar-refractivity contribution in [2.75, 3.05) is 18.4 Å². The lowest BCUT2D eigenvalue weighted by Gasteiger charge is -2.41. The minimum atomic E-state index is -0.408. The van der Waals surface area contributed by atoms with Crippen LogP contribution in [0, 0.1) is 5.82 Å². The molecule has 0 bridgehead atoms. The summed E-state index contributed by atoms with van der Waals surface area (Å²) in [7, 11) is 0. The predicted octanol–water partition coefficient (Wildman–Crippen LogP) is 3.60. The van der Waals surface area contributed by atoms with Crippen LogP contribution in [0.5, 0.6) is 0 Å². The molecule has 0 radical (unpaired) electrons. The number of carbonyl (C=O) groups excluding carboxylic acids is 1. The summed E-state index contributed by atoms with van der Waals surface area (Å²) in [6.07, 6.45) is 1.53. The quantitative estimate of drug-likeness (QED) is 0.925. The summed E-state index contributed by atoms with van der Waals surface area (Å²) in [5, 5.41) is 2.93. The van der Waals surface area contributed by atoms with Gasteiger partial charge in [0, 0.05) is 19.3 Å². The topological polar surface area (TPSA) is 54.5 Å². The van der Waals surface area contributed by atoms with Crippen LogP contribution in [-0.2, 0) is 4.74 Å². The van der Waals surface area contributed by atoms with E-state index >= 15 is 0 Å². The molecule has 0 aliphatic carbocycles. The van der Waals surface area contributed by atoms with E-state index in [1.165, 1.54) is 6.07 Å². The molecule has 25 heavy (non-hydrogen) atoms. The van der Waals surface area contributed by atoms with Crippen molar-refractivity contribution in [3.8, 4) is 0 Å². The van der Waals surface area contributed by atoms with E-state index in [2.05, 4.69) is 10.3 Å². The molecule has 0 spiro atoms. The summed E-state index contributed by atoms with van der Waals surface area (Å²) in [5.74, 6) is -0.197. The lowest BCUT2D eigenvalue weighted by atomic mass is 10.0. The zero-order valence-corrected chi connectivity index (χ0v) is 14.6. The van der Waals surface area contributed by atoms with Crippen LogP contribution < -0.4 is 5.32 Å². The van der Waals surface area contributed by atoms with Gasteiger partial charge in [-0.3, -0.25) is 4.79 Å². The second kappa shape index (κ2) is 6.80. The van der Waals surface area contributed by atoms with Gasteiger partial charge in [-0.15, -0.1) is 0 Å². The molecular weight excluding hydrogens is 321 g/mol. The number of pyridine rings is 1. The normalized spacial score (nSPS) is 19.5. The number of rotatable bonds is 3. The predicted molar refractivity (Wildman–Crippen MR) is 94.4 cm³/mol. The fourth-order valence-corrected chi connectivity index (χ4v) is 3.15. The number of morpholine rings is 1. The summed E-state index contributed by atoms with van der Waals surface area (Å²) in [5.41, 5.74) is 0.288. The first-order valence-corrected chi connectivity index (χ1v) is 8.29. The van der Waals surface area contributed by atoms with Crippen LogP contribution in [0.4, 0.5) is 15.9 Å². The standard InChI is InChI=1S/C19H22FN3O2/c1-13-11-23(12-19(2,3)25-13)18(24)14-7-6-10-21-17(14)22-16-9-5-4-8-15(16)20/h4-10,13H,11-12H2,1-3H3,(H,21,22). The monoisotopic (exact) mass is 343 g/mol. The van der Waals surface area contributed by atoms with Crippen molar-refractivity contribution in [1.29, 1.82) is 0 Å². The van der Waals surface area contributed by atoms with Gasteiger partial charge in [-0.2, -0.15) is 0 Å². The number of para-hydroxylation sites is 1. The van der Waals surface area contributed by atoms with Gasteiger partial charge in [0.05, 0.1) is 23.0 Å². The Labute approximate surface area is 146 Å². The Morgan fingerprint density at radius 1 is 1.32 bits per heavy atom. The van der Waals surface area contributed by atoms with Crippen molar-refractivity contribution in [1.82, 2.24) is 9.88 Å². The molecule has 2 aromatic rings. The van der Waals surface area contributed by atoms with E-state index in [0.717, 1.165) is 0 Å². The maximum atomic E-state index is 13.9. The molecular formula is C19H22FN3O2. The van der Waals surface area contributed by atoms with E-state index in [0.29, 0.717) is 24.5 Å². The molecule has 1 unspecified atom stereocenters. The van der Waals surface area contributed by atoms with Crippen molar-refractivity contribution in [2.45, 2.75) is 32.5 Å². The van der Waals surface area contributed by atoms with Crippen LogP contribution in [0.25, 0.3) is 0 Å². The molecule has 1 N–H and O–H groups in total. The summed E-state index contributed by atoms with van der Waals surface area (Å²) in [6.45, 7) is 6.87. The summed E-state index contributed by atoms with van der Waals surface area (Å²) >= 11 is 0. The van der Waals surface area contributed by atoms with Gasteiger partial charge in [0.2, 0.25) is 0 Å². The molecule has 1 aliphatic rings. The number of aromatic nitrogens is 1. The highest BCUT2D eigenvalue weighted by Crippen LogP contribution is 2.26. The molecule has 3 rings (SSSR count). The Morgan fingerprint density at radius 2 is 2.08 bits per heavy atom. The smallest absolute Gasteiger partial charge is 0.257 e. The van der Waals surface area contributed by atoms with Gasteiger partial charge in [-0.25, -0.2) is 9.37 Å². The van der Waals surface area contributed by atoms with Crippen LogP contribution in [0.2, 0.25) is 0 Å². The van der Waals surface area contributed by atoms with Gasteiger partial charge < -0.3 is 15.0 Å². The highest BCUT2D eigenvalue weighted by atomic mass is 19.1. The average Bonchev–Trinajstić information content (AvgIpc) is 2.55. The summed E-state index contributed by atoms with van der Waals surface area (Å²) in [4.78, 5) is 19.0. The van der Waals surface area contributed by atoms with Gasteiger partial charge >= 0.3 is 0 Å². The zero-order chi connectivity index (χ0) is 18.0. The Kier molecular flexibility index (Phi) is 4.72. The first-order chi connectivity index (χ1) is 11.9. The lowest BCUT2D eigenvalue weighted by molar-refractivity contribution is -0.118. The van der Waals surface area contributed by atoms with Gasteiger partial charge in [0.15, 0.2) is 0 Å². The maximum absolute atomic E-state index is 13.9. The van der Waals surface area contributed by atoms with Gasteiger partial charge in [0.1, 0.15) is 11.6 Å². The number of anilines is 2. The maximum Gasteiger partial charge on any atom is 0.257 e. The molecule has 2 heterocycles. The Bertz CT molecular complexity index is 779. The van der Waals surface area contributed by atoms with E-state index < -0.39 is 11.4 Å². The number of hydrogen-bond donors (Lipinski definition) is 1. The van der Waals surface area contributed by atoms with E-state index in [9.17, 15) is 9.18 Å². The highest BCUT2D eigenvalue weighted by Gasteiger charge is 2.34. The van der Waals surface area contributed by atoms with E-state index in [1.807, 2.05) is 20.8 Å². The fraction of sp³-hybridized carbons (Fsp3) is 0.368. The number of hydrogen-bond acceptors (Lipinski definition) is 4. The number of benzene rings is 1. The molecule has 0 saturated carbocycles. The SMILES string of the molecule is CC1CN(C(=O)c2cccnc2Nc2ccccc2F)CC(C)(C)O1. The summed E-state index contributed by atoms with van der Waals surface area (Å²) in [6, 6.07) is 9.71. The van der Waals surface area contributed by atoms with Crippen molar-refractivity contribution in [3.63, 3.8) is 0 Å². The summed E-state index contributed by atoms with van der Waals surface area (Å²) < 4.78 is 19.8. The first kappa shape index (κ1) is 17.4. The molecule has 1 aromatic heterocycles. The van der Waals surface area contributed by atoms with Crippen molar-refractivity contribution in [2.24, 2.45) is 0 Å². The molecule has 1 saturated heterocycles. The zero-order valence-electron chi connectivity index (χ0n) is 14.6. The van der Waals surface area contributed by atoms with Crippen LogP contribution >= 0.6 is 0 Å². The first-order valence-electron chi connectivity index (χ1n) is 8.29. The van der Waals surface area contributed by atoms with Gasteiger partial charge in [0.25, 0.3) is 5.91 Å². The molecule has 132 valence electrons. The molecule has 1 amide bonds. The number of ether oxygens (including phenoxy) is 1. The largest absolute Gasteiger partial charge is 0.369 e. The van der Waals surface area contributed by atoms with Crippen molar-refractivity contribution in [3.05, 3.63) is 54.0 Å². The molecule has 1 atom stereocenters. The second-order valence-electron chi connectivity index (χ2n) is 6.88.